The average Bonchev–Trinajstić information content (AvgIpc) is 2.48. The summed E-state index contributed by atoms with van der Waals surface area (Å²) in [4.78, 5) is 9.02. The first-order valence-corrected chi connectivity index (χ1v) is 7.63. The summed E-state index contributed by atoms with van der Waals surface area (Å²) in [5.74, 6) is 2.64. The minimum Gasteiger partial charge on any atom is -0.370 e. The Morgan fingerprint density at radius 3 is 2.43 bits per heavy atom. The van der Waals surface area contributed by atoms with Gasteiger partial charge in [-0.2, -0.15) is 0 Å². The molecule has 0 saturated heterocycles. The maximum atomic E-state index is 4.55. The molecular formula is C17H24N4. The quantitative estimate of drug-likeness (QED) is 0.817. The monoisotopic (exact) mass is 284 g/mol. The molecule has 1 heterocycles. The minimum absolute atomic E-state index is 0.321. The Morgan fingerprint density at radius 1 is 1.05 bits per heavy atom. The SMILES string of the molecule is CCNc1cc(NC(C)Cc2ccccc2)nc(CC)n1. The molecule has 2 aromatic rings. The van der Waals surface area contributed by atoms with Gasteiger partial charge in [0.15, 0.2) is 0 Å². The Hall–Kier alpha value is -2.10. The first-order chi connectivity index (χ1) is 10.2. The molecule has 0 radical (unpaired) electrons. The van der Waals surface area contributed by atoms with E-state index in [4.69, 9.17) is 0 Å². The first-order valence-electron chi connectivity index (χ1n) is 7.63. The van der Waals surface area contributed by atoms with E-state index in [1.165, 1.54) is 5.56 Å². The summed E-state index contributed by atoms with van der Waals surface area (Å²) in [5, 5.41) is 6.73. The van der Waals surface area contributed by atoms with Gasteiger partial charge < -0.3 is 10.6 Å². The zero-order valence-electron chi connectivity index (χ0n) is 13.1. The van der Waals surface area contributed by atoms with E-state index in [9.17, 15) is 0 Å². The van der Waals surface area contributed by atoms with Gasteiger partial charge in [0.1, 0.15) is 17.5 Å². The highest BCUT2D eigenvalue weighted by atomic mass is 15.1. The summed E-state index contributed by atoms with van der Waals surface area (Å²) in [6.07, 6.45) is 1.81. The van der Waals surface area contributed by atoms with Crippen molar-refractivity contribution in [2.45, 2.75) is 39.7 Å². The van der Waals surface area contributed by atoms with Gasteiger partial charge in [-0.3, -0.25) is 0 Å². The van der Waals surface area contributed by atoms with Crippen LogP contribution in [0.2, 0.25) is 0 Å². The van der Waals surface area contributed by atoms with Crippen molar-refractivity contribution in [1.82, 2.24) is 9.97 Å². The maximum absolute atomic E-state index is 4.55. The van der Waals surface area contributed by atoms with Crippen LogP contribution >= 0.6 is 0 Å². The van der Waals surface area contributed by atoms with Gasteiger partial charge in [0.2, 0.25) is 0 Å². The molecule has 1 aromatic heterocycles. The highest BCUT2D eigenvalue weighted by molar-refractivity contribution is 5.48. The number of rotatable bonds is 7. The third-order valence-electron chi connectivity index (χ3n) is 3.23. The number of aromatic nitrogens is 2. The summed E-state index contributed by atoms with van der Waals surface area (Å²) in [5.41, 5.74) is 1.33. The zero-order chi connectivity index (χ0) is 15.1. The lowest BCUT2D eigenvalue weighted by Crippen LogP contribution is -2.19. The van der Waals surface area contributed by atoms with Crippen molar-refractivity contribution < 1.29 is 0 Å². The summed E-state index contributed by atoms with van der Waals surface area (Å²) < 4.78 is 0. The molecule has 0 bridgehead atoms. The van der Waals surface area contributed by atoms with Crippen molar-refractivity contribution in [2.75, 3.05) is 17.2 Å². The Balaban J connectivity index is 2.05. The van der Waals surface area contributed by atoms with Gasteiger partial charge >= 0.3 is 0 Å². The van der Waals surface area contributed by atoms with E-state index in [0.717, 1.165) is 36.8 Å². The molecule has 1 atom stereocenters. The highest BCUT2D eigenvalue weighted by Gasteiger charge is 2.07. The molecule has 21 heavy (non-hydrogen) atoms. The Kier molecular flexibility index (Phi) is 5.55. The van der Waals surface area contributed by atoms with Crippen LogP contribution in [0.1, 0.15) is 32.2 Å². The predicted molar refractivity (Wildman–Crippen MR) is 88.8 cm³/mol. The predicted octanol–water partition coefficient (Wildman–Crippen LogP) is 3.51. The van der Waals surface area contributed by atoms with Gasteiger partial charge in [-0.25, -0.2) is 9.97 Å². The van der Waals surface area contributed by atoms with Gasteiger partial charge in [0, 0.05) is 25.1 Å². The molecule has 4 heteroatoms. The summed E-state index contributed by atoms with van der Waals surface area (Å²) in [6, 6.07) is 12.8. The number of aryl methyl sites for hydroxylation is 1. The summed E-state index contributed by atoms with van der Waals surface area (Å²) >= 11 is 0. The van der Waals surface area contributed by atoms with Crippen LogP contribution in [-0.2, 0) is 12.8 Å². The van der Waals surface area contributed by atoms with Crippen LogP contribution in [0.3, 0.4) is 0 Å². The lowest BCUT2D eigenvalue weighted by Gasteiger charge is -2.16. The fourth-order valence-corrected chi connectivity index (χ4v) is 2.27. The largest absolute Gasteiger partial charge is 0.370 e. The van der Waals surface area contributed by atoms with Crippen LogP contribution in [0.5, 0.6) is 0 Å². The molecule has 2 N–H and O–H groups in total. The number of nitrogens with zero attached hydrogens (tertiary/aromatic N) is 2. The van der Waals surface area contributed by atoms with Gasteiger partial charge in [-0.05, 0) is 25.8 Å². The van der Waals surface area contributed by atoms with Gasteiger partial charge in [-0.15, -0.1) is 0 Å². The normalized spacial score (nSPS) is 12.0. The van der Waals surface area contributed by atoms with Crippen LogP contribution in [0.25, 0.3) is 0 Å². The molecule has 112 valence electrons. The van der Waals surface area contributed by atoms with Crippen molar-refractivity contribution in [1.29, 1.82) is 0 Å². The summed E-state index contributed by atoms with van der Waals surface area (Å²) in [7, 11) is 0. The van der Waals surface area contributed by atoms with Crippen molar-refractivity contribution in [3.63, 3.8) is 0 Å². The third kappa shape index (κ3) is 4.74. The highest BCUT2D eigenvalue weighted by Crippen LogP contribution is 2.14. The molecule has 1 aromatic carbocycles. The molecule has 2 rings (SSSR count). The molecule has 0 saturated carbocycles. The second-order valence-electron chi connectivity index (χ2n) is 5.17. The Morgan fingerprint density at radius 2 is 1.76 bits per heavy atom. The standard InChI is InChI=1S/C17H24N4/c1-4-15-20-16(18-5-2)12-17(21-15)19-13(3)11-14-9-7-6-8-10-14/h6-10,12-13H,4-5,11H2,1-3H3,(H2,18,19,20,21). The number of hydrogen-bond acceptors (Lipinski definition) is 4. The molecule has 4 nitrogen and oxygen atoms in total. The van der Waals surface area contributed by atoms with E-state index in [1.54, 1.807) is 0 Å². The van der Waals surface area contributed by atoms with E-state index >= 15 is 0 Å². The zero-order valence-corrected chi connectivity index (χ0v) is 13.1. The van der Waals surface area contributed by atoms with Crippen LogP contribution in [0, 0.1) is 0 Å². The van der Waals surface area contributed by atoms with Crippen LogP contribution in [0.4, 0.5) is 11.6 Å². The molecule has 0 amide bonds. The minimum atomic E-state index is 0.321. The van der Waals surface area contributed by atoms with Crippen molar-refractivity contribution in [2.24, 2.45) is 0 Å². The number of hydrogen-bond donors (Lipinski definition) is 2. The van der Waals surface area contributed by atoms with Crippen molar-refractivity contribution >= 4 is 11.6 Å². The Labute approximate surface area is 127 Å². The smallest absolute Gasteiger partial charge is 0.132 e. The lowest BCUT2D eigenvalue weighted by atomic mass is 10.1. The maximum Gasteiger partial charge on any atom is 0.132 e. The molecule has 0 spiro atoms. The van der Waals surface area contributed by atoms with Gasteiger partial charge in [0.05, 0.1) is 0 Å². The molecule has 0 aliphatic carbocycles. The van der Waals surface area contributed by atoms with E-state index in [0.29, 0.717) is 6.04 Å². The van der Waals surface area contributed by atoms with E-state index < -0.39 is 0 Å². The molecule has 0 aliphatic heterocycles. The fraction of sp³-hybridized carbons (Fsp3) is 0.412. The van der Waals surface area contributed by atoms with E-state index in [2.05, 4.69) is 65.6 Å². The molecule has 0 aliphatic rings. The first kappa shape index (κ1) is 15.3. The topological polar surface area (TPSA) is 49.8 Å². The van der Waals surface area contributed by atoms with Crippen molar-refractivity contribution in [3.8, 4) is 0 Å². The van der Waals surface area contributed by atoms with Crippen molar-refractivity contribution in [3.05, 3.63) is 47.8 Å². The molecular weight excluding hydrogens is 260 g/mol. The van der Waals surface area contributed by atoms with Crippen LogP contribution in [0.15, 0.2) is 36.4 Å². The third-order valence-corrected chi connectivity index (χ3v) is 3.23. The number of nitrogens with one attached hydrogen (secondary N) is 2. The summed E-state index contributed by atoms with van der Waals surface area (Å²) in [6.45, 7) is 7.17. The van der Waals surface area contributed by atoms with Crippen LogP contribution in [-0.4, -0.2) is 22.6 Å². The Bertz CT molecular complexity index is 554. The average molecular weight is 284 g/mol. The van der Waals surface area contributed by atoms with E-state index in [1.807, 2.05) is 12.1 Å². The second-order valence-corrected chi connectivity index (χ2v) is 5.17. The molecule has 1 unspecified atom stereocenters. The lowest BCUT2D eigenvalue weighted by molar-refractivity contribution is 0.779. The fourth-order valence-electron chi connectivity index (χ4n) is 2.27. The van der Waals surface area contributed by atoms with Gasteiger partial charge in [0.25, 0.3) is 0 Å². The molecule has 0 fully saturated rings. The second kappa shape index (κ2) is 7.62. The van der Waals surface area contributed by atoms with Gasteiger partial charge in [-0.1, -0.05) is 37.3 Å². The van der Waals surface area contributed by atoms with Crippen LogP contribution < -0.4 is 10.6 Å². The van der Waals surface area contributed by atoms with E-state index in [-0.39, 0.29) is 0 Å². The number of benzene rings is 1. The number of anilines is 2.